The lowest BCUT2D eigenvalue weighted by Gasteiger charge is -2.35. The molecule has 3 heterocycles. The van der Waals surface area contributed by atoms with E-state index >= 15 is 0 Å². The molecule has 1 saturated heterocycles. The molecule has 3 amide bonds. The van der Waals surface area contributed by atoms with E-state index in [1.807, 2.05) is 20.8 Å². The number of carbonyl (C=O) groups excluding carboxylic acids is 4. The molecule has 0 aromatic carbocycles. The van der Waals surface area contributed by atoms with Crippen LogP contribution in [-0.2, 0) is 23.9 Å². The number of piperidine rings is 1. The quantitative estimate of drug-likeness (QED) is 0.606. The zero-order valence-corrected chi connectivity index (χ0v) is 20.4. The van der Waals surface area contributed by atoms with Gasteiger partial charge in [0.15, 0.2) is 0 Å². The van der Waals surface area contributed by atoms with Crippen molar-refractivity contribution in [3.05, 3.63) is 34.9 Å². The molecule has 0 spiro atoms. The van der Waals surface area contributed by atoms with Crippen LogP contribution in [0.15, 0.2) is 27.8 Å². The van der Waals surface area contributed by atoms with Gasteiger partial charge in [-0.1, -0.05) is 20.8 Å². The van der Waals surface area contributed by atoms with Crippen molar-refractivity contribution in [1.82, 2.24) is 15.5 Å². The standard InChI is InChI=1S/C24H33N3O7/c1-6-32-21(29)18-16(25-23(31)26-19(18)17-8-7-14(2)34-17)13-33-20(28)15-9-11-27(12-10-15)22(30)24(3,4)5/h7-8,15,19H,6,9-13H2,1-5H3,(H2,25,26,31)/t19-/m1/s1. The predicted molar refractivity (Wildman–Crippen MR) is 121 cm³/mol. The predicted octanol–water partition coefficient (Wildman–Crippen LogP) is 2.59. The van der Waals surface area contributed by atoms with Crippen molar-refractivity contribution in [2.75, 3.05) is 26.3 Å². The Labute approximate surface area is 199 Å². The van der Waals surface area contributed by atoms with Crippen LogP contribution in [0.4, 0.5) is 4.79 Å². The van der Waals surface area contributed by atoms with E-state index in [9.17, 15) is 19.2 Å². The van der Waals surface area contributed by atoms with Gasteiger partial charge in [-0.2, -0.15) is 0 Å². The summed E-state index contributed by atoms with van der Waals surface area (Å²) in [7, 11) is 0. The van der Waals surface area contributed by atoms with Crippen LogP contribution in [0.5, 0.6) is 0 Å². The van der Waals surface area contributed by atoms with Crippen molar-refractivity contribution in [3.8, 4) is 0 Å². The lowest BCUT2D eigenvalue weighted by atomic mass is 9.91. The molecule has 2 aliphatic rings. The number of hydrogen-bond donors (Lipinski definition) is 2. The third-order valence-electron chi connectivity index (χ3n) is 5.81. The van der Waals surface area contributed by atoms with Crippen LogP contribution >= 0.6 is 0 Å². The number of aryl methyl sites for hydroxylation is 1. The largest absolute Gasteiger partial charge is 0.464 e. The highest BCUT2D eigenvalue weighted by Crippen LogP contribution is 2.30. The van der Waals surface area contributed by atoms with Gasteiger partial charge < -0.3 is 29.4 Å². The molecule has 2 N–H and O–H groups in total. The molecule has 1 atom stereocenters. The van der Waals surface area contributed by atoms with Crippen LogP contribution in [-0.4, -0.2) is 55.1 Å². The molecule has 10 heteroatoms. The van der Waals surface area contributed by atoms with E-state index in [1.54, 1.807) is 30.9 Å². The second kappa shape index (κ2) is 10.3. The van der Waals surface area contributed by atoms with Crippen LogP contribution in [0.1, 0.15) is 58.1 Å². The van der Waals surface area contributed by atoms with Gasteiger partial charge in [-0.3, -0.25) is 9.59 Å². The van der Waals surface area contributed by atoms with Gasteiger partial charge in [-0.15, -0.1) is 0 Å². The van der Waals surface area contributed by atoms with Crippen LogP contribution < -0.4 is 10.6 Å². The number of esters is 2. The molecule has 34 heavy (non-hydrogen) atoms. The van der Waals surface area contributed by atoms with Crippen molar-refractivity contribution in [3.63, 3.8) is 0 Å². The number of amides is 3. The minimum absolute atomic E-state index is 0.0557. The number of furan rings is 1. The van der Waals surface area contributed by atoms with E-state index in [0.29, 0.717) is 37.5 Å². The summed E-state index contributed by atoms with van der Waals surface area (Å²) in [6.45, 7) is 9.84. The number of ether oxygens (including phenoxy) is 2. The summed E-state index contributed by atoms with van der Waals surface area (Å²) in [6, 6.07) is 1.97. The molecule has 2 aliphatic heterocycles. The zero-order valence-electron chi connectivity index (χ0n) is 20.4. The lowest BCUT2D eigenvalue weighted by molar-refractivity contribution is -0.152. The maximum atomic E-state index is 12.7. The Morgan fingerprint density at radius 1 is 1.15 bits per heavy atom. The fraction of sp³-hybridized carbons (Fsp3) is 0.583. The Bertz CT molecular complexity index is 981. The van der Waals surface area contributed by atoms with Gasteiger partial charge in [0.05, 0.1) is 23.8 Å². The van der Waals surface area contributed by atoms with E-state index in [4.69, 9.17) is 13.9 Å². The summed E-state index contributed by atoms with van der Waals surface area (Å²) in [4.78, 5) is 52.0. The number of nitrogens with one attached hydrogen (secondary N) is 2. The second-order valence-electron chi connectivity index (χ2n) is 9.52. The Kier molecular flexibility index (Phi) is 7.68. The van der Waals surface area contributed by atoms with Gasteiger partial charge in [-0.25, -0.2) is 9.59 Å². The lowest BCUT2D eigenvalue weighted by Crippen LogP contribution is -2.47. The topological polar surface area (TPSA) is 127 Å². The minimum Gasteiger partial charge on any atom is -0.464 e. The summed E-state index contributed by atoms with van der Waals surface area (Å²) in [5.41, 5.74) is -0.205. The van der Waals surface area contributed by atoms with Gasteiger partial charge in [0.2, 0.25) is 5.91 Å². The molecule has 3 rings (SSSR count). The second-order valence-corrected chi connectivity index (χ2v) is 9.52. The average Bonchev–Trinajstić information content (AvgIpc) is 3.22. The summed E-state index contributed by atoms with van der Waals surface area (Å²) >= 11 is 0. The third kappa shape index (κ3) is 5.78. The molecule has 1 fully saturated rings. The number of nitrogens with zero attached hydrogens (tertiary/aromatic N) is 1. The number of rotatable bonds is 6. The maximum Gasteiger partial charge on any atom is 0.338 e. The highest BCUT2D eigenvalue weighted by Gasteiger charge is 2.37. The first kappa shape index (κ1) is 25.3. The molecule has 0 aliphatic carbocycles. The van der Waals surface area contributed by atoms with Gasteiger partial charge in [-0.05, 0) is 38.8 Å². The average molecular weight is 476 g/mol. The Hall–Kier alpha value is -3.30. The molecule has 0 radical (unpaired) electrons. The van der Waals surface area contributed by atoms with Crippen molar-refractivity contribution >= 4 is 23.9 Å². The summed E-state index contributed by atoms with van der Waals surface area (Å²) in [6.07, 6.45) is 0.985. The maximum absolute atomic E-state index is 12.7. The molecule has 0 unspecified atom stereocenters. The van der Waals surface area contributed by atoms with Crippen LogP contribution in [0.2, 0.25) is 0 Å². The van der Waals surface area contributed by atoms with Gasteiger partial charge >= 0.3 is 18.0 Å². The van der Waals surface area contributed by atoms with Crippen molar-refractivity contribution in [1.29, 1.82) is 0 Å². The van der Waals surface area contributed by atoms with Gasteiger partial charge in [0, 0.05) is 18.5 Å². The minimum atomic E-state index is -0.873. The number of urea groups is 1. The summed E-state index contributed by atoms with van der Waals surface area (Å²) < 4.78 is 16.3. The van der Waals surface area contributed by atoms with Gasteiger partial charge in [0.1, 0.15) is 24.2 Å². The van der Waals surface area contributed by atoms with Crippen LogP contribution in [0.25, 0.3) is 0 Å². The normalized spacial score (nSPS) is 19.4. The molecule has 10 nitrogen and oxygen atoms in total. The first-order valence-electron chi connectivity index (χ1n) is 11.5. The van der Waals surface area contributed by atoms with Crippen LogP contribution in [0.3, 0.4) is 0 Å². The number of likely N-dealkylation sites (tertiary alicyclic amines) is 1. The van der Waals surface area contributed by atoms with E-state index in [1.165, 1.54) is 0 Å². The molecule has 1 aromatic heterocycles. The SMILES string of the molecule is CCOC(=O)C1=C(COC(=O)C2CCN(C(=O)C(C)(C)C)CC2)NC(=O)N[C@@H]1c1ccc(C)o1. The van der Waals surface area contributed by atoms with E-state index in [-0.39, 0.29) is 36.3 Å². The Morgan fingerprint density at radius 2 is 1.82 bits per heavy atom. The third-order valence-corrected chi connectivity index (χ3v) is 5.81. The van der Waals surface area contributed by atoms with E-state index in [2.05, 4.69) is 10.6 Å². The first-order valence-corrected chi connectivity index (χ1v) is 11.5. The highest BCUT2D eigenvalue weighted by molar-refractivity contribution is 5.95. The van der Waals surface area contributed by atoms with E-state index < -0.39 is 29.4 Å². The molecule has 1 aromatic rings. The number of carbonyl (C=O) groups is 4. The number of hydrogen-bond acceptors (Lipinski definition) is 7. The molecule has 186 valence electrons. The van der Waals surface area contributed by atoms with Crippen molar-refractivity contribution < 1.29 is 33.1 Å². The Morgan fingerprint density at radius 3 is 2.38 bits per heavy atom. The fourth-order valence-electron chi connectivity index (χ4n) is 4.06. The fourth-order valence-corrected chi connectivity index (χ4v) is 4.06. The Balaban J connectivity index is 1.71. The summed E-state index contributed by atoms with van der Waals surface area (Å²) in [5, 5.41) is 5.23. The van der Waals surface area contributed by atoms with Crippen LogP contribution in [0, 0.1) is 18.3 Å². The monoisotopic (exact) mass is 475 g/mol. The molecular formula is C24H33N3O7. The van der Waals surface area contributed by atoms with E-state index in [0.717, 1.165) is 0 Å². The molecular weight excluding hydrogens is 442 g/mol. The molecule has 0 saturated carbocycles. The van der Waals surface area contributed by atoms with Gasteiger partial charge in [0.25, 0.3) is 0 Å². The summed E-state index contributed by atoms with van der Waals surface area (Å²) in [5.74, 6) is -0.395. The first-order chi connectivity index (χ1) is 16.0. The highest BCUT2D eigenvalue weighted by atomic mass is 16.5. The smallest absolute Gasteiger partial charge is 0.338 e. The zero-order chi connectivity index (χ0) is 25.0. The molecule has 0 bridgehead atoms. The van der Waals surface area contributed by atoms with Crippen molar-refractivity contribution in [2.45, 2.75) is 53.5 Å². The van der Waals surface area contributed by atoms with Crippen molar-refractivity contribution in [2.24, 2.45) is 11.3 Å².